The van der Waals surface area contributed by atoms with Crippen LogP contribution in [0.1, 0.15) is 34.5 Å². The standard InChI is InChI=1S/C22H21N3O3S/c26-20-7-4-12-25(20)13-16-8-10-17(11-9-16)21(27)28-14-19-15-29-22(24-19)23-18-5-2-1-3-6-18/h1-3,5-6,8-11,15H,4,7,12-14H2,(H,23,24). The lowest BCUT2D eigenvalue weighted by atomic mass is 10.1. The second-order valence-corrected chi connectivity index (χ2v) is 7.69. The number of aromatic nitrogens is 1. The summed E-state index contributed by atoms with van der Waals surface area (Å²) in [6.07, 6.45) is 1.55. The van der Waals surface area contributed by atoms with Crippen LogP contribution in [0.25, 0.3) is 0 Å². The fourth-order valence-corrected chi connectivity index (χ4v) is 3.85. The molecule has 2 aromatic carbocycles. The second kappa shape index (κ2) is 8.87. The van der Waals surface area contributed by atoms with Gasteiger partial charge < -0.3 is 15.0 Å². The van der Waals surface area contributed by atoms with Crippen LogP contribution in [0.5, 0.6) is 0 Å². The minimum Gasteiger partial charge on any atom is -0.456 e. The van der Waals surface area contributed by atoms with E-state index in [0.717, 1.165) is 29.3 Å². The summed E-state index contributed by atoms with van der Waals surface area (Å²) in [5.41, 5.74) is 3.15. The van der Waals surface area contributed by atoms with Gasteiger partial charge in [0, 0.05) is 30.6 Å². The Morgan fingerprint density at radius 3 is 2.66 bits per heavy atom. The van der Waals surface area contributed by atoms with Crippen LogP contribution in [-0.2, 0) is 22.7 Å². The van der Waals surface area contributed by atoms with Crippen molar-refractivity contribution in [2.75, 3.05) is 11.9 Å². The van der Waals surface area contributed by atoms with Crippen molar-refractivity contribution in [3.8, 4) is 0 Å². The Labute approximate surface area is 173 Å². The molecule has 0 unspecified atom stereocenters. The molecular weight excluding hydrogens is 386 g/mol. The lowest BCUT2D eigenvalue weighted by Gasteiger charge is -2.15. The van der Waals surface area contributed by atoms with E-state index in [1.165, 1.54) is 11.3 Å². The van der Waals surface area contributed by atoms with E-state index in [2.05, 4.69) is 10.3 Å². The number of nitrogens with zero attached hydrogens (tertiary/aromatic N) is 2. The summed E-state index contributed by atoms with van der Waals surface area (Å²) in [6, 6.07) is 17.0. The second-order valence-electron chi connectivity index (χ2n) is 6.83. The summed E-state index contributed by atoms with van der Waals surface area (Å²) >= 11 is 1.46. The minimum absolute atomic E-state index is 0.121. The van der Waals surface area contributed by atoms with Gasteiger partial charge in [-0.2, -0.15) is 0 Å². The van der Waals surface area contributed by atoms with E-state index in [1.54, 1.807) is 12.1 Å². The van der Waals surface area contributed by atoms with Crippen molar-refractivity contribution in [1.82, 2.24) is 9.88 Å². The Bertz CT molecular complexity index is 986. The quantitative estimate of drug-likeness (QED) is 0.589. The van der Waals surface area contributed by atoms with Crippen LogP contribution < -0.4 is 5.32 Å². The van der Waals surface area contributed by atoms with Gasteiger partial charge >= 0.3 is 5.97 Å². The number of ether oxygens (including phenoxy) is 1. The maximum absolute atomic E-state index is 12.3. The molecule has 0 atom stereocenters. The summed E-state index contributed by atoms with van der Waals surface area (Å²) in [4.78, 5) is 30.3. The third kappa shape index (κ3) is 5.00. The normalized spacial score (nSPS) is 13.5. The Balaban J connectivity index is 1.29. The van der Waals surface area contributed by atoms with Crippen LogP contribution in [0.4, 0.5) is 10.8 Å². The maximum Gasteiger partial charge on any atom is 0.338 e. The lowest BCUT2D eigenvalue weighted by Crippen LogP contribution is -2.23. The summed E-state index contributed by atoms with van der Waals surface area (Å²) in [7, 11) is 0. The van der Waals surface area contributed by atoms with Crippen LogP contribution in [0.15, 0.2) is 60.0 Å². The smallest absolute Gasteiger partial charge is 0.338 e. The Kier molecular flexibility index (Phi) is 5.86. The topological polar surface area (TPSA) is 71.5 Å². The van der Waals surface area contributed by atoms with Crippen LogP contribution in [-0.4, -0.2) is 28.3 Å². The molecule has 0 bridgehead atoms. The highest BCUT2D eigenvalue weighted by Gasteiger charge is 2.20. The number of hydrogen-bond acceptors (Lipinski definition) is 6. The molecule has 0 saturated carbocycles. The first-order valence-corrected chi connectivity index (χ1v) is 10.4. The number of rotatable bonds is 7. The van der Waals surface area contributed by atoms with E-state index >= 15 is 0 Å². The number of carbonyl (C=O) groups is 2. The molecule has 0 aliphatic carbocycles. The summed E-state index contributed by atoms with van der Waals surface area (Å²) in [5, 5.41) is 5.84. The van der Waals surface area contributed by atoms with E-state index in [1.807, 2.05) is 52.7 Å². The number of thiazole rings is 1. The Morgan fingerprint density at radius 2 is 1.93 bits per heavy atom. The number of amides is 1. The predicted octanol–water partition coefficient (Wildman–Crippen LogP) is 4.37. The first-order chi connectivity index (χ1) is 14.2. The van der Waals surface area contributed by atoms with Gasteiger partial charge in [-0.1, -0.05) is 30.3 Å². The van der Waals surface area contributed by atoms with E-state index in [0.29, 0.717) is 24.2 Å². The zero-order valence-electron chi connectivity index (χ0n) is 15.8. The summed E-state index contributed by atoms with van der Waals surface area (Å²) in [5.74, 6) is -0.197. The first-order valence-electron chi connectivity index (χ1n) is 9.48. The van der Waals surface area contributed by atoms with Crippen molar-refractivity contribution in [1.29, 1.82) is 0 Å². The SMILES string of the molecule is O=C(OCc1csc(Nc2ccccc2)n1)c1ccc(CN2CCCC2=O)cc1. The third-order valence-corrected chi connectivity index (χ3v) is 5.47. The molecule has 3 aromatic rings. The van der Waals surface area contributed by atoms with E-state index in [4.69, 9.17) is 4.74 Å². The van der Waals surface area contributed by atoms with Gasteiger partial charge in [-0.25, -0.2) is 9.78 Å². The molecular formula is C22H21N3O3S. The van der Waals surface area contributed by atoms with Gasteiger partial charge in [0.05, 0.1) is 11.3 Å². The minimum atomic E-state index is -0.389. The van der Waals surface area contributed by atoms with E-state index < -0.39 is 0 Å². The molecule has 0 spiro atoms. The van der Waals surface area contributed by atoms with Crippen molar-refractivity contribution in [2.45, 2.75) is 26.0 Å². The molecule has 0 radical (unpaired) electrons. The average Bonchev–Trinajstić information content (AvgIpc) is 3.36. The third-order valence-electron chi connectivity index (χ3n) is 4.66. The number of likely N-dealkylation sites (tertiary alicyclic amines) is 1. The molecule has 1 amide bonds. The molecule has 6 nitrogen and oxygen atoms in total. The molecule has 1 saturated heterocycles. The predicted molar refractivity (Wildman–Crippen MR) is 112 cm³/mol. The van der Waals surface area contributed by atoms with Gasteiger partial charge in [0.25, 0.3) is 0 Å². The number of esters is 1. The first kappa shape index (κ1) is 19.1. The lowest BCUT2D eigenvalue weighted by molar-refractivity contribution is -0.128. The molecule has 1 aliphatic heterocycles. The van der Waals surface area contributed by atoms with Crippen LogP contribution in [0.2, 0.25) is 0 Å². The Morgan fingerprint density at radius 1 is 1.14 bits per heavy atom. The molecule has 1 N–H and O–H groups in total. The highest BCUT2D eigenvalue weighted by atomic mass is 32.1. The molecule has 148 valence electrons. The number of nitrogens with one attached hydrogen (secondary N) is 1. The monoisotopic (exact) mass is 407 g/mol. The largest absolute Gasteiger partial charge is 0.456 e. The zero-order valence-corrected chi connectivity index (χ0v) is 16.7. The molecule has 4 rings (SSSR count). The number of benzene rings is 2. The van der Waals surface area contributed by atoms with Crippen molar-refractivity contribution in [3.63, 3.8) is 0 Å². The van der Waals surface area contributed by atoms with Crippen LogP contribution in [0, 0.1) is 0 Å². The van der Waals surface area contributed by atoms with Gasteiger partial charge in [0.15, 0.2) is 5.13 Å². The van der Waals surface area contributed by atoms with Gasteiger partial charge in [-0.15, -0.1) is 11.3 Å². The highest BCUT2D eigenvalue weighted by Crippen LogP contribution is 2.21. The number of carbonyl (C=O) groups excluding carboxylic acids is 2. The molecule has 1 fully saturated rings. The Hall–Kier alpha value is -3.19. The maximum atomic E-state index is 12.3. The van der Waals surface area contributed by atoms with E-state index in [9.17, 15) is 9.59 Å². The molecule has 1 aromatic heterocycles. The van der Waals surface area contributed by atoms with Crippen molar-refractivity contribution in [2.24, 2.45) is 0 Å². The molecule has 2 heterocycles. The molecule has 1 aliphatic rings. The molecule has 29 heavy (non-hydrogen) atoms. The van der Waals surface area contributed by atoms with Gasteiger partial charge in [-0.05, 0) is 36.2 Å². The van der Waals surface area contributed by atoms with Gasteiger partial charge in [-0.3, -0.25) is 4.79 Å². The summed E-state index contributed by atoms with van der Waals surface area (Å²) in [6.45, 7) is 1.51. The van der Waals surface area contributed by atoms with Crippen LogP contribution >= 0.6 is 11.3 Å². The van der Waals surface area contributed by atoms with E-state index in [-0.39, 0.29) is 18.5 Å². The fraction of sp³-hybridized carbons (Fsp3) is 0.227. The fourth-order valence-electron chi connectivity index (χ4n) is 3.14. The van der Waals surface area contributed by atoms with Crippen molar-refractivity contribution >= 4 is 34.0 Å². The van der Waals surface area contributed by atoms with Crippen molar-refractivity contribution < 1.29 is 14.3 Å². The van der Waals surface area contributed by atoms with Crippen molar-refractivity contribution in [3.05, 3.63) is 76.8 Å². The molecule has 7 heteroatoms. The van der Waals surface area contributed by atoms with Gasteiger partial charge in [0.1, 0.15) is 6.61 Å². The number of para-hydroxylation sites is 1. The number of anilines is 2. The van der Waals surface area contributed by atoms with Gasteiger partial charge in [0.2, 0.25) is 5.91 Å². The summed E-state index contributed by atoms with van der Waals surface area (Å²) < 4.78 is 5.38. The zero-order chi connectivity index (χ0) is 20.1. The number of hydrogen-bond donors (Lipinski definition) is 1. The van der Waals surface area contributed by atoms with Crippen LogP contribution in [0.3, 0.4) is 0 Å². The average molecular weight is 407 g/mol. The highest BCUT2D eigenvalue weighted by molar-refractivity contribution is 7.13.